The van der Waals surface area contributed by atoms with Crippen molar-refractivity contribution in [2.24, 2.45) is 5.92 Å². The second-order valence-electron chi connectivity index (χ2n) is 8.07. The molecule has 0 radical (unpaired) electrons. The molecule has 4 heterocycles. The van der Waals surface area contributed by atoms with Crippen LogP contribution in [0.1, 0.15) is 24.3 Å². The molecule has 1 amide bonds. The molecule has 5 rings (SSSR count). The van der Waals surface area contributed by atoms with Crippen molar-refractivity contribution in [1.29, 1.82) is 0 Å². The van der Waals surface area contributed by atoms with Gasteiger partial charge in [-0.2, -0.15) is 0 Å². The summed E-state index contributed by atoms with van der Waals surface area (Å²) in [5, 5.41) is 15.0. The SMILES string of the molecule is CSc1nc2sc3c(c2c2nnc(SCC(=O)Nc4ccc(Cl)cc4)n12)C[C@@H](C(C)C)OC3. The van der Waals surface area contributed by atoms with Crippen molar-refractivity contribution < 1.29 is 9.53 Å². The summed E-state index contributed by atoms with van der Waals surface area (Å²) >= 11 is 10.5. The zero-order valence-electron chi connectivity index (χ0n) is 18.3. The fourth-order valence-electron chi connectivity index (χ4n) is 3.84. The van der Waals surface area contributed by atoms with Gasteiger partial charge < -0.3 is 10.1 Å². The standard InChI is InChI=1S/C22H22ClN5O2S3/c1-11(2)15-8-14-16(9-30-15)33-20-18(14)19-26-27-22(28(19)21(25-20)31-3)32-10-17(29)24-13-6-4-12(23)5-7-13/h4-7,11,15H,8-10H2,1-3H3,(H,24,29)/t15-/m0/s1. The maximum absolute atomic E-state index is 12.5. The third kappa shape index (κ3) is 4.46. The molecule has 11 heteroatoms. The molecular formula is C22H22ClN5O2S3. The minimum Gasteiger partial charge on any atom is -0.372 e. The van der Waals surface area contributed by atoms with E-state index in [9.17, 15) is 4.79 Å². The Labute approximate surface area is 208 Å². The fourth-order valence-corrected chi connectivity index (χ4v) is 6.47. The number of benzene rings is 1. The number of carbonyl (C=O) groups is 1. The number of nitrogens with zero attached hydrogens (tertiary/aromatic N) is 4. The van der Waals surface area contributed by atoms with Crippen LogP contribution in [-0.4, -0.2) is 43.6 Å². The number of thiophene rings is 1. The van der Waals surface area contributed by atoms with E-state index >= 15 is 0 Å². The van der Waals surface area contributed by atoms with E-state index in [0.29, 0.717) is 28.4 Å². The Morgan fingerprint density at radius 1 is 1.30 bits per heavy atom. The predicted octanol–water partition coefficient (Wildman–Crippen LogP) is 5.54. The van der Waals surface area contributed by atoms with Gasteiger partial charge in [-0.25, -0.2) is 9.38 Å². The van der Waals surface area contributed by atoms with E-state index in [1.54, 1.807) is 47.4 Å². The second kappa shape index (κ2) is 9.42. The third-order valence-corrected chi connectivity index (χ3v) is 8.46. The molecule has 1 aromatic carbocycles. The highest BCUT2D eigenvalue weighted by Crippen LogP contribution is 2.40. The number of aromatic nitrogens is 4. The molecule has 0 unspecified atom stereocenters. The number of nitrogens with one attached hydrogen (secondary N) is 1. The number of ether oxygens (including phenoxy) is 1. The molecule has 1 aliphatic heterocycles. The molecule has 33 heavy (non-hydrogen) atoms. The predicted molar refractivity (Wildman–Crippen MR) is 136 cm³/mol. The summed E-state index contributed by atoms with van der Waals surface area (Å²) in [5.41, 5.74) is 2.78. The molecule has 172 valence electrons. The van der Waals surface area contributed by atoms with Gasteiger partial charge in [-0.05, 0) is 42.0 Å². The Hall–Kier alpha value is -1.85. The Balaban J connectivity index is 1.45. The van der Waals surface area contributed by atoms with Gasteiger partial charge in [-0.1, -0.05) is 49.0 Å². The van der Waals surface area contributed by atoms with Crippen LogP contribution in [0.25, 0.3) is 15.9 Å². The van der Waals surface area contributed by atoms with Crippen LogP contribution < -0.4 is 5.32 Å². The maximum Gasteiger partial charge on any atom is 0.234 e. The number of anilines is 1. The summed E-state index contributed by atoms with van der Waals surface area (Å²) in [6.07, 6.45) is 3.02. The van der Waals surface area contributed by atoms with E-state index < -0.39 is 0 Å². The Morgan fingerprint density at radius 2 is 2.09 bits per heavy atom. The number of fused-ring (bicyclic) bond motifs is 5. The van der Waals surface area contributed by atoms with E-state index in [4.69, 9.17) is 21.3 Å². The lowest BCUT2D eigenvalue weighted by atomic mass is 9.96. The Morgan fingerprint density at radius 3 is 2.82 bits per heavy atom. The monoisotopic (exact) mass is 519 g/mol. The van der Waals surface area contributed by atoms with Gasteiger partial charge in [0.25, 0.3) is 0 Å². The summed E-state index contributed by atoms with van der Waals surface area (Å²) in [6, 6.07) is 7.04. The van der Waals surface area contributed by atoms with Crippen LogP contribution in [0.2, 0.25) is 5.02 Å². The zero-order chi connectivity index (χ0) is 23.1. The van der Waals surface area contributed by atoms with Crippen LogP contribution >= 0.6 is 46.5 Å². The van der Waals surface area contributed by atoms with E-state index in [-0.39, 0.29) is 17.8 Å². The number of amides is 1. The summed E-state index contributed by atoms with van der Waals surface area (Å²) in [5.74, 6) is 0.523. The summed E-state index contributed by atoms with van der Waals surface area (Å²) in [6.45, 7) is 4.98. The number of thioether (sulfide) groups is 2. The van der Waals surface area contributed by atoms with Crippen LogP contribution in [0.4, 0.5) is 5.69 Å². The fraction of sp³-hybridized carbons (Fsp3) is 0.364. The normalized spacial score (nSPS) is 16.0. The molecule has 0 saturated carbocycles. The molecular weight excluding hydrogens is 498 g/mol. The van der Waals surface area contributed by atoms with E-state index in [1.807, 2.05) is 10.7 Å². The smallest absolute Gasteiger partial charge is 0.234 e. The number of carbonyl (C=O) groups excluding carboxylic acids is 1. The average Bonchev–Trinajstić information content (AvgIpc) is 3.39. The van der Waals surface area contributed by atoms with Crippen molar-refractivity contribution in [3.63, 3.8) is 0 Å². The molecule has 7 nitrogen and oxygen atoms in total. The van der Waals surface area contributed by atoms with Gasteiger partial charge in [0.1, 0.15) is 4.83 Å². The van der Waals surface area contributed by atoms with Crippen molar-refractivity contribution >= 4 is 73.9 Å². The van der Waals surface area contributed by atoms with E-state index in [1.165, 1.54) is 22.2 Å². The minimum atomic E-state index is -0.122. The largest absolute Gasteiger partial charge is 0.372 e. The topological polar surface area (TPSA) is 81.4 Å². The van der Waals surface area contributed by atoms with Gasteiger partial charge in [-0.15, -0.1) is 21.5 Å². The highest BCUT2D eigenvalue weighted by Gasteiger charge is 2.29. The summed E-state index contributed by atoms with van der Waals surface area (Å²) in [7, 11) is 0. The highest BCUT2D eigenvalue weighted by molar-refractivity contribution is 8.00. The second-order valence-corrected chi connectivity index (χ2v) is 11.3. The van der Waals surface area contributed by atoms with Crippen LogP contribution in [-0.2, 0) is 22.6 Å². The number of hydrogen-bond donors (Lipinski definition) is 1. The van der Waals surface area contributed by atoms with Crippen LogP contribution in [0.15, 0.2) is 34.6 Å². The quantitative estimate of drug-likeness (QED) is 0.264. The zero-order valence-corrected chi connectivity index (χ0v) is 21.5. The number of hydrogen-bond acceptors (Lipinski definition) is 8. The first-order chi connectivity index (χ1) is 15.9. The van der Waals surface area contributed by atoms with Crippen molar-refractivity contribution in [1.82, 2.24) is 19.6 Å². The number of halogens is 1. The van der Waals surface area contributed by atoms with Crippen LogP contribution in [0, 0.1) is 5.92 Å². The van der Waals surface area contributed by atoms with Gasteiger partial charge in [0.2, 0.25) is 5.91 Å². The van der Waals surface area contributed by atoms with Crippen molar-refractivity contribution in [3.05, 3.63) is 39.7 Å². The molecule has 4 aromatic rings. The maximum atomic E-state index is 12.5. The summed E-state index contributed by atoms with van der Waals surface area (Å²) < 4.78 is 8.04. The molecule has 0 fully saturated rings. The van der Waals surface area contributed by atoms with Crippen molar-refractivity contribution in [2.75, 3.05) is 17.3 Å². The Bertz CT molecular complexity index is 1340. The van der Waals surface area contributed by atoms with Gasteiger partial charge >= 0.3 is 0 Å². The first-order valence-corrected chi connectivity index (χ1v) is 13.9. The molecule has 0 spiro atoms. The van der Waals surface area contributed by atoms with Crippen molar-refractivity contribution in [2.45, 2.75) is 43.3 Å². The first kappa shape index (κ1) is 22.9. The van der Waals surface area contributed by atoms with E-state index in [0.717, 1.165) is 27.4 Å². The van der Waals surface area contributed by atoms with Gasteiger partial charge in [0, 0.05) is 22.0 Å². The lowest BCUT2D eigenvalue weighted by Gasteiger charge is -2.26. The van der Waals surface area contributed by atoms with Gasteiger partial charge in [0.15, 0.2) is 16.0 Å². The minimum absolute atomic E-state index is 0.122. The van der Waals surface area contributed by atoms with Crippen LogP contribution in [0.5, 0.6) is 0 Å². The first-order valence-electron chi connectivity index (χ1n) is 10.5. The molecule has 0 saturated heterocycles. The Kier molecular flexibility index (Phi) is 6.54. The highest BCUT2D eigenvalue weighted by atomic mass is 35.5. The molecule has 1 N–H and O–H groups in total. The van der Waals surface area contributed by atoms with Gasteiger partial charge in [0.05, 0.1) is 23.8 Å². The molecule has 3 aromatic heterocycles. The molecule has 1 aliphatic rings. The average molecular weight is 520 g/mol. The molecule has 0 aliphatic carbocycles. The molecule has 1 atom stereocenters. The lowest BCUT2D eigenvalue weighted by Crippen LogP contribution is -2.26. The number of rotatable bonds is 6. The van der Waals surface area contributed by atoms with Crippen molar-refractivity contribution in [3.8, 4) is 0 Å². The summed E-state index contributed by atoms with van der Waals surface area (Å²) in [4.78, 5) is 19.6. The lowest BCUT2D eigenvalue weighted by molar-refractivity contribution is -0.113. The van der Waals surface area contributed by atoms with Crippen LogP contribution in [0.3, 0.4) is 0 Å². The third-order valence-electron chi connectivity index (χ3n) is 5.54. The van der Waals surface area contributed by atoms with Gasteiger partial charge in [-0.3, -0.25) is 4.79 Å². The molecule has 0 bridgehead atoms. The van der Waals surface area contributed by atoms with E-state index in [2.05, 4.69) is 29.4 Å².